The van der Waals surface area contributed by atoms with E-state index in [4.69, 9.17) is 0 Å². The summed E-state index contributed by atoms with van der Waals surface area (Å²) in [5.41, 5.74) is 3.85. The molecule has 2 aromatic carbocycles. The molecule has 0 aliphatic carbocycles. The number of rotatable bonds is 6. The second-order valence-corrected chi connectivity index (χ2v) is 5.01. The van der Waals surface area contributed by atoms with Crippen LogP contribution in [0.5, 0.6) is 0 Å². The molecule has 0 spiro atoms. The first-order chi connectivity index (χ1) is 9.70. The van der Waals surface area contributed by atoms with Crippen molar-refractivity contribution in [3.8, 4) is 11.1 Å². The molecule has 3 nitrogen and oxygen atoms in total. The molecule has 0 saturated heterocycles. The van der Waals surface area contributed by atoms with Gasteiger partial charge in [0.25, 0.3) is 0 Å². The van der Waals surface area contributed by atoms with Crippen molar-refractivity contribution in [3.05, 3.63) is 54.1 Å². The van der Waals surface area contributed by atoms with Gasteiger partial charge in [0.1, 0.15) is 0 Å². The molecule has 2 rings (SSSR count). The van der Waals surface area contributed by atoms with Gasteiger partial charge in [-0.2, -0.15) is 0 Å². The first kappa shape index (κ1) is 14.3. The molecule has 1 N–H and O–H groups in total. The number of hydrogen-bond acceptors (Lipinski definition) is 3. The molecule has 0 aliphatic heterocycles. The minimum absolute atomic E-state index is 0.723. The van der Waals surface area contributed by atoms with Gasteiger partial charge in [-0.05, 0) is 37.4 Å². The number of nitrogens with zero attached hydrogens (tertiary/aromatic N) is 1. The Bertz CT molecular complexity index is 561. The molecule has 0 fully saturated rings. The maximum Gasteiger partial charge on any atom is 0.150 e. The highest BCUT2D eigenvalue weighted by atomic mass is 16.1. The zero-order valence-electron chi connectivity index (χ0n) is 12.0. The van der Waals surface area contributed by atoms with Crippen LogP contribution in [0.1, 0.15) is 10.4 Å². The molecule has 104 valence electrons. The predicted molar refractivity (Wildman–Crippen MR) is 84.3 cm³/mol. The number of carbonyl (C=O) groups is 1. The number of likely N-dealkylation sites (N-methyl/N-ethyl adjacent to an activating group) is 1. The molecule has 0 aliphatic rings. The van der Waals surface area contributed by atoms with Crippen LogP contribution in [0.3, 0.4) is 0 Å². The Labute approximate surface area is 120 Å². The van der Waals surface area contributed by atoms with Gasteiger partial charge in [0.05, 0.1) is 0 Å². The van der Waals surface area contributed by atoms with Crippen LogP contribution in [0.25, 0.3) is 11.1 Å². The van der Waals surface area contributed by atoms with Crippen molar-refractivity contribution in [3.63, 3.8) is 0 Å². The monoisotopic (exact) mass is 268 g/mol. The van der Waals surface area contributed by atoms with E-state index in [-0.39, 0.29) is 0 Å². The van der Waals surface area contributed by atoms with Gasteiger partial charge in [0.2, 0.25) is 0 Å². The molecule has 0 radical (unpaired) electrons. The lowest BCUT2D eigenvalue weighted by molar-refractivity contribution is 0.112. The fourth-order valence-electron chi connectivity index (χ4n) is 2.05. The van der Waals surface area contributed by atoms with Crippen LogP contribution in [0.2, 0.25) is 0 Å². The van der Waals surface area contributed by atoms with Crippen LogP contribution in [-0.4, -0.2) is 38.4 Å². The summed E-state index contributed by atoms with van der Waals surface area (Å²) < 4.78 is 0. The van der Waals surface area contributed by atoms with E-state index >= 15 is 0 Å². The fraction of sp³-hybridized carbons (Fsp3) is 0.235. The molecular weight excluding hydrogens is 248 g/mol. The van der Waals surface area contributed by atoms with Crippen molar-refractivity contribution in [1.82, 2.24) is 4.90 Å². The van der Waals surface area contributed by atoms with Gasteiger partial charge in [-0.15, -0.1) is 0 Å². The molecule has 0 aromatic heterocycles. The second kappa shape index (κ2) is 6.87. The summed E-state index contributed by atoms with van der Waals surface area (Å²) >= 11 is 0. The molecule has 0 amide bonds. The van der Waals surface area contributed by atoms with E-state index in [1.54, 1.807) is 0 Å². The van der Waals surface area contributed by atoms with Gasteiger partial charge >= 0.3 is 0 Å². The summed E-state index contributed by atoms with van der Waals surface area (Å²) in [6, 6.07) is 15.8. The minimum Gasteiger partial charge on any atom is -0.384 e. The SMILES string of the molecule is CN(C)CCNc1ccc(-c2ccccc2C=O)cc1. The van der Waals surface area contributed by atoms with Gasteiger partial charge in [-0.3, -0.25) is 4.79 Å². The Morgan fingerprint density at radius 1 is 1.05 bits per heavy atom. The summed E-state index contributed by atoms with van der Waals surface area (Å²) in [5, 5.41) is 3.37. The molecule has 0 heterocycles. The first-order valence-electron chi connectivity index (χ1n) is 6.74. The maximum atomic E-state index is 11.1. The zero-order chi connectivity index (χ0) is 14.4. The molecule has 3 heteroatoms. The Morgan fingerprint density at radius 2 is 1.75 bits per heavy atom. The van der Waals surface area contributed by atoms with Crippen LogP contribution in [-0.2, 0) is 0 Å². The van der Waals surface area contributed by atoms with Gasteiger partial charge < -0.3 is 10.2 Å². The second-order valence-electron chi connectivity index (χ2n) is 5.01. The Balaban J connectivity index is 2.10. The van der Waals surface area contributed by atoms with E-state index in [1.807, 2.05) is 48.5 Å². The zero-order valence-corrected chi connectivity index (χ0v) is 12.0. The van der Waals surface area contributed by atoms with Gasteiger partial charge in [0, 0.05) is 24.3 Å². The van der Waals surface area contributed by atoms with Crippen molar-refractivity contribution in [2.24, 2.45) is 0 Å². The van der Waals surface area contributed by atoms with E-state index < -0.39 is 0 Å². The highest BCUT2D eigenvalue weighted by Crippen LogP contribution is 2.24. The number of anilines is 1. The van der Waals surface area contributed by atoms with Crippen molar-refractivity contribution in [2.75, 3.05) is 32.5 Å². The van der Waals surface area contributed by atoms with Crippen molar-refractivity contribution in [2.45, 2.75) is 0 Å². The largest absolute Gasteiger partial charge is 0.384 e. The van der Waals surface area contributed by atoms with E-state index in [0.29, 0.717) is 0 Å². The Hall–Kier alpha value is -2.13. The van der Waals surface area contributed by atoms with Crippen molar-refractivity contribution >= 4 is 12.0 Å². The maximum absolute atomic E-state index is 11.1. The summed E-state index contributed by atoms with van der Waals surface area (Å²) in [7, 11) is 4.11. The molecule has 0 bridgehead atoms. The van der Waals surface area contributed by atoms with Crippen LogP contribution in [0.15, 0.2) is 48.5 Å². The van der Waals surface area contributed by atoms with Crippen LogP contribution >= 0.6 is 0 Å². The van der Waals surface area contributed by atoms with E-state index in [1.165, 1.54) is 0 Å². The van der Waals surface area contributed by atoms with Gasteiger partial charge in [-0.25, -0.2) is 0 Å². The molecule has 2 aromatic rings. The van der Waals surface area contributed by atoms with E-state index in [0.717, 1.165) is 41.8 Å². The average molecular weight is 268 g/mol. The molecule has 0 atom stereocenters. The standard InChI is InChI=1S/C17H20N2O/c1-19(2)12-11-18-16-9-7-14(8-10-16)17-6-4-3-5-15(17)13-20/h3-10,13,18H,11-12H2,1-2H3. The van der Waals surface area contributed by atoms with Crippen molar-refractivity contribution in [1.29, 1.82) is 0 Å². The molecule has 20 heavy (non-hydrogen) atoms. The number of aldehydes is 1. The first-order valence-corrected chi connectivity index (χ1v) is 6.74. The number of hydrogen-bond donors (Lipinski definition) is 1. The fourth-order valence-corrected chi connectivity index (χ4v) is 2.05. The highest BCUT2D eigenvalue weighted by Gasteiger charge is 2.03. The Morgan fingerprint density at radius 3 is 2.40 bits per heavy atom. The summed E-state index contributed by atoms with van der Waals surface area (Å²) in [6.45, 7) is 1.91. The molecule has 0 saturated carbocycles. The topological polar surface area (TPSA) is 32.3 Å². The lowest BCUT2D eigenvalue weighted by atomic mass is 10.0. The van der Waals surface area contributed by atoms with Crippen LogP contribution < -0.4 is 5.32 Å². The lowest BCUT2D eigenvalue weighted by Crippen LogP contribution is -2.20. The highest BCUT2D eigenvalue weighted by molar-refractivity contribution is 5.87. The number of nitrogens with one attached hydrogen (secondary N) is 1. The number of carbonyl (C=O) groups excluding carboxylic acids is 1. The molecule has 0 unspecified atom stereocenters. The summed E-state index contributed by atoms with van der Waals surface area (Å²) in [4.78, 5) is 13.2. The smallest absolute Gasteiger partial charge is 0.150 e. The lowest BCUT2D eigenvalue weighted by Gasteiger charge is -2.12. The predicted octanol–water partition coefficient (Wildman–Crippen LogP) is 3.14. The Kier molecular flexibility index (Phi) is 4.91. The average Bonchev–Trinajstić information content (AvgIpc) is 2.47. The van der Waals surface area contributed by atoms with Gasteiger partial charge in [0.15, 0.2) is 6.29 Å². The van der Waals surface area contributed by atoms with Crippen molar-refractivity contribution < 1.29 is 4.79 Å². The minimum atomic E-state index is 0.723. The van der Waals surface area contributed by atoms with E-state index in [9.17, 15) is 4.79 Å². The quantitative estimate of drug-likeness (QED) is 0.817. The van der Waals surface area contributed by atoms with E-state index in [2.05, 4.69) is 24.3 Å². The third-order valence-electron chi connectivity index (χ3n) is 3.17. The van der Waals surface area contributed by atoms with Gasteiger partial charge in [-0.1, -0.05) is 36.4 Å². The third kappa shape index (κ3) is 3.68. The summed E-state index contributed by atoms with van der Waals surface area (Å²) in [6.07, 6.45) is 0.901. The normalized spacial score (nSPS) is 10.6. The third-order valence-corrected chi connectivity index (χ3v) is 3.17. The number of benzene rings is 2. The van der Waals surface area contributed by atoms with Crippen LogP contribution in [0, 0.1) is 0 Å². The molecular formula is C17H20N2O. The van der Waals surface area contributed by atoms with Crippen LogP contribution in [0.4, 0.5) is 5.69 Å². The summed E-state index contributed by atoms with van der Waals surface area (Å²) in [5.74, 6) is 0.